The summed E-state index contributed by atoms with van der Waals surface area (Å²) in [6.07, 6.45) is 4.16. The van der Waals surface area contributed by atoms with Crippen LogP contribution in [-0.2, 0) is 19.1 Å². The lowest BCUT2D eigenvalue weighted by Gasteiger charge is -2.04. The Kier molecular flexibility index (Phi) is 3.68. The maximum atomic E-state index is 11.1. The zero-order chi connectivity index (χ0) is 10.6. The molecule has 0 bridgehead atoms. The fraction of sp³-hybridized carbons (Fsp3) is 0.600. The number of unbranched alkanes of at least 4 members (excludes halogenated alkanes) is 1. The molecule has 0 aromatic carbocycles. The highest BCUT2D eigenvalue weighted by Crippen LogP contribution is 2.19. The van der Waals surface area contributed by atoms with Crippen LogP contribution in [0.5, 0.6) is 0 Å². The second kappa shape index (κ2) is 4.79. The summed E-state index contributed by atoms with van der Waals surface area (Å²) in [7, 11) is 0. The Labute approximate surface area is 82.9 Å². The van der Waals surface area contributed by atoms with Crippen molar-refractivity contribution in [3.05, 3.63) is 11.8 Å². The lowest BCUT2D eigenvalue weighted by molar-refractivity contribution is -0.149. The Bertz CT molecular complexity index is 267. The van der Waals surface area contributed by atoms with Gasteiger partial charge in [-0.3, -0.25) is 4.79 Å². The topological polar surface area (TPSA) is 52.6 Å². The van der Waals surface area contributed by atoms with Crippen LogP contribution in [0.25, 0.3) is 0 Å². The Morgan fingerprint density at radius 2 is 2.36 bits per heavy atom. The Balaban J connectivity index is 2.49. The third kappa shape index (κ3) is 2.87. The highest BCUT2D eigenvalue weighted by Gasteiger charge is 2.27. The number of cyclic esters (lactones) is 1. The van der Waals surface area contributed by atoms with Gasteiger partial charge in [0.15, 0.2) is 0 Å². The van der Waals surface area contributed by atoms with Gasteiger partial charge in [0.1, 0.15) is 6.10 Å². The number of esters is 2. The van der Waals surface area contributed by atoms with Gasteiger partial charge in [-0.15, -0.1) is 0 Å². The van der Waals surface area contributed by atoms with E-state index in [1.54, 1.807) is 6.08 Å². The highest BCUT2D eigenvalue weighted by molar-refractivity contribution is 5.91. The van der Waals surface area contributed by atoms with Gasteiger partial charge in [0.25, 0.3) is 0 Å². The molecule has 14 heavy (non-hydrogen) atoms. The molecule has 1 heterocycles. The zero-order valence-electron chi connectivity index (χ0n) is 8.41. The minimum atomic E-state index is -0.540. The Hall–Kier alpha value is -1.32. The maximum Gasteiger partial charge on any atom is 0.374 e. The summed E-state index contributed by atoms with van der Waals surface area (Å²) >= 11 is 0. The summed E-state index contributed by atoms with van der Waals surface area (Å²) < 4.78 is 9.65. The maximum absolute atomic E-state index is 11.1. The molecule has 0 aromatic rings. The first-order valence-corrected chi connectivity index (χ1v) is 4.74. The number of ether oxygens (including phenoxy) is 2. The minimum absolute atomic E-state index is 0.0265. The van der Waals surface area contributed by atoms with Crippen molar-refractivity contribution in [1.82, 2.24) is 0 Å². The summed E-state index contributed by atoms with van der Waals surface area (Å²) in [5.74, 6) is -1.01. The molecule has 0 spiro atoms. The first-order valence-electron chi connectivity index (χ1n) is 4.74. The smallest absolute Gasteiger partial charge is 0.374 e. The van der Waals surface area contributed by atoms with E-state index < -0.39 is 11.9 Å². The Morgan fingerprint density at radius 3 is 2.93 bits per heavy atom. The van der Waals surface area contributed by atoms with Crippen LogP contribution in [0.4, 0.5) is 0 Å². The summed E-state index contributed by atoms with van der Waals surface area (Å²) in [6.45, 7) is 3.32. The van der Waals surface area contributed by atoms with Crippen LogP contribution in [0.1, 0.15) is 33.1 Å². The summed E-state index contributed by atoms with van der Waals surface area (Å²) in [5.41, 5.74) is 0. The van der Waals surface area contributed by atoms with Crippen LogP contribution in [0, 0.1) is 0 Å². The second-order valence-corrected chi connectivity index (χ2v) is 3.21. The van der Waals surface area contributed by atoms with Crippen molar-refractivity contribution < 1.29 is 19.1 Å². The van der Waals surface area contributed by atoms with E-state index >= 15 is 0 Å². The normalized spacial score (nSPS) is 20.3. The molecular weight excluding hydrogens is 184 g/mol. The van der Waals surface area contributed by atoms with Crippen molar-refractivity contribution in [3.8, 4) is 0 Å². The lowest BCUT2D eigenvalue weighted by atomic mass is 10.1. The van der Waals surface area contributed by atoms with Gasteiger partial charge in [-0.1, -0.05) is 13.3 Å². The van der Waals surface area contributed by atoms with E-state index in [0.29, 0.717) is 0 Å². The zero-order valence-corrected chi connectivity index (χ0v) is 8.41. The van der Waals surface area contributed by atoms with Gasteiger partial charge in [-0.05, 0) is 12.8 Å². The second-order valence-electron chi connectivity index (χ2n) is 3.21. The first-order chi connectivity index (χ1) is 6.63. The molecule has 4 nitrogen and oxygen atoms in total. The quantitative estimate of drug-likeness (QED) is 0.643. The van der Waals surface area contributed by atoms with Gasteiger partial charge >= 0.3 is 11.9 Å². The Morgan fingerprint density at radius 1 is 1.64 bits per heavy atom. The molecule has 1 aliphatic heterocycles. The van der Waals surface area contributed by atoms with Crippen molar-refractivity contribution in [1.29, 1.82) is 0 Å². The molecule has 0 aliphatic carbocycles. The average Bonchev–Trinajstić information content (AvgIpc) is 2.43. The van der Waals surface area contributed by atoms with Gasteiger partial charge in [0.2, 0.25) is 5.76 Å². The number of rotatable bonds is 4. The summed E-state index contributed by atoms with van der Waals surface area (Å²) in [5, 5.41) is 0. The molecular formula is C10H14O4. The van der Waals surface area contributed by atoms with Crippen LogP contribution >= 0.6 is 0 Å². The first kappa shape index (κ1) is 10.8. The standard InChI is InChI=1S/C10H14O4/c1-3-4-5-8-6-9(10(12)14-8)13-7(2)11/h6,8H,3-5H2,1-2H3. The third-order valence-corrected chi connectivity index (χ3v) is 1.89. The van der Waals surface area contributed by atoms with Crippen molar-refractivity contribution in [3.63, 3.8) is 0 Å². The van der Waals surface area contributed by atoms with Crippen LogP contribution < -0.4 is 0 Å². The fourth-order valence-electron chi connectivity index (χ4n) is 1.24. The number of hydrogen-bond donors (Lipinski definition) is 0. The minimum Gasteiger partial charge on any atom is -0.452 e. The van der Waals surface area contributed by atoms with Crippen molar-refractivity contribution >= 4 is 11.9 Å². The van der Waals surface area contributed by atoms with E-state index in [2.05, 4.69) is 11.7 Å². The molecule has 1 atom stereocenters. The van der Waals surface area contributed by atoms with Crippen molar-refractivity contribution in [2.24, 2.45) is 0 Å². The largest absolute Gasteiger partial charge is 0.452 e. The van der Waals surface area contributed by atoms with Crippen LogP contribution in [0.15, 0.2) is 11.8 Å². The average molecular weight is 198 g/mol. The third-order valence-electron chi connectivity index (χ3n) is 1.89. The molecule has 78 valence electrons. The number of carbonyl (C=O) groups excluding carboxylic acids is 2. The summed E-state index contributed by atoms with van der Waals surface area (Å²) in [6, 6.07) is 0. The van der Waals surface area contributed by atoms with Gasteiger partial charge in [0, 0.05) is 13.0 Å². The molecule has 0 saturated carbocycles. The van der Waals surface area contributed by atoms with Crippen molar-refractivity contribution in [2.75, 3.05) is 0 Å². The van der Waals surface area contributed by atoms with Gasteiger partial charge in [0.05, 0.1) is 0 Å². The van der Waals surface area contributed by atoms with Crippen LogP contribution in [-0.4, -0.2) is 18.0 Å². The molecule has 0 fully saturated rings. The molecule has 4 heteroatoms. The highest BCUT2D eigenvalue weighted by atomic mass is 16.6. The van der Waals surface area contributed by atoms with E-state index in [0.717, 1.165) is 19.3 Å². The molecule has 1 aliphatic rings. The van der Waals surface area contributed by atoms with Crippen LogP contribution in [0.2, 0.25) is 0 Å². The molecule has 0 radical (unpaired) electrons. The molecule has 1 unspecified atom stereocenters. The van der Waals surface area contributed by atoms with Crippen molar-refractivity contribution in [2.45, 2.75) is 39.2 Å². The monoisotopic (exact) mass is 198 g/mol. The summed E-state index contributed by atoms with van der Waals surface area (Å²) in [4.78, 5) is 21.7. The van der Waals surface area contributed by atoms with E-state index in [-0.39, 0.29) is 11.9 Å². The van der Waals surface area contributed by atoms with Gasteiger partial charge in [-0.2, -0.15) is 0 Å². The SMILES string of the molecule is CCCCC1C=C(OC(C)=O)C(=O)O1. The van der Waals surface area contributed by atoms with E-state index in [9.17, 15) is 9.59 Å². The molecule has 1 rings (SSSR count). The predicted octanol–water partition coefficient (Wildman–Crippen LogP) is 1.55. The lowest BCUT2D eigenvalue weighted by Crippen LogP contribution is -2.09. The van der Waals surface area contributed by atoms with E-state index in [1.165, 1.54) is 6.92 Å². The van der Waals surface area contributed by atoms with E-state index in [4.69, 9.17) is 4.74 Å². The molecule has 0 amide bonds. The predicted molar refractivity (Wildman–Crippen MR) is 49.3 cm³/mol. The van der Waals surface area contributed by atoms with Gasteiger partial charge in [-0.25, -0.2) is 4.79 Å². The molecule has 0 aromatic heterocycles. The van der Waals surface area contributed by atoms with E-state index in [1.807, 2.05) is 0 Å². The number of carbonyl (C=O) groups is 2. The molecule has 0 N–H and O–H groups in total. The van der Waals surface area contributed by atoms with Crippen LogP contribution in [0.3, 0.4) is 0 Å². The number of hydrogen-bond acceptors (Lipinski definition) is 4. The van der Waals surface area contributed by atoms with Gasteiger partial charge < -0.3 is 9.47 Å². The fourth-order valence-corrected chi connectivity index (χ4v) is 1.24. The molecule has 0 saturated heterocycles.